The Morgan fingerprint density at radius 3 is 3.07 bits per heavy atom. The Balaban J connectivity index is 2.42. The fraction of sp³-hybridized carbons (Fsp3) is 0.818. The average molecular weight is 210 g/mol. The zero-order valence-corrected chi connectivity index (χ0v) is 9.40. The normalized spacial score (nSPS) is 23.3. The minimum absolute atomic E-state index is 0.146. The van der Waals surface area contributed by atoms with Gasteiger partial charge in [0.15, 0.2) is 6.10 Å². The summed E-state index contributed by atoms with van der Waals surface area (Å²) in [6, 6.07) is 2.04. The maximum absolute atomic E-state index is 11.8. The Bertz CT molecular complexity index is 260. The maximum Gasteiger partial charge on any atom is 0.223 e. The molecule has 0 bridgehead atoms. The number of rotatable bonds is 3. The summed E-state index contributed by atoms with van der Waals surface area (Å²) >= 11 is 0. The molecule has 1 heterocycles. The van der Waals surface area contributed by atoms with Crippen LogP contribution in [0.3, 0.4) is 0 Å². The molecule has 0 saturated carbocycles. The molecule has 2 atom stereocenters. The highest BCUT2D eigenvalue weighted by Gasteiger charge is 2.24. The molecule has 1 saturated heterocycles. The van der Waals surface area contributed by atoms with Crippen LogP contribution in [0, 0.1) is 17.2 Å². The summed E-state index contributed by atoms with van der Waals surface area (Å²) in [6.07, 6.45) is 1.14. The molecule has 1 amide bonds. The van der Waals surface area contributed by atoms with Crippen LogP contribution < -0.4 is 0 Å². The highest BCUT2D eigenvalue weighted by atomic mass is 16.5. The molecule has 0 aromatic rings. The third kappa shape index (κ3) is 3.52. The summed E-state index contributed by atoms with van der Waals surface area (Å²) in [5, 5.41) is 8.71. The third-order valence-corrected chi connectivity index (χ3v) is 2.78. The van der Waals surface area contributed by atoms with Gasteiger partial charge >= 0.3 is 0 Å². The number of amides is 1. The highest BCUT2D eigenvalue weighted by Crippen LogP contribution is 2.12. The second-order valence-corrected chi connectivity index (χ2v) is 4.05. The number of carbonyl (C=O) groups is 1. The molecule has 0 aromatic heterocycles. The maximum atomic E-state index is 11.8. The first-order chi connectivity index (χ1) is 7.17. The van der Waals surface area contributed by atoms with Crippen molar-refractivity contribution < 1.29 is 9.53 Å². The molecule has 1 aliphatic rings. The fourth-order valence-electron chi connectivity index (χ4n) is 1.53. The van der Waals surface area contributed by atoms with Crippen molar-refractivity contribution in [3.05, 3.63) is 0 Å². The molecular formula is C11H18N2O2. The molecule has 0 N–H and O–H groups in total. The smallest absolute Gasteiger partial charge is 0.223 e. The van der Waals surface area contributed by atoms with E-state index >= 15 is 0 Å². The average Bonchev–Trinajstić information content (AvgIpc) is 2.28. The van der Waals surface area contributed by atoms with E-state index in [4.69, 9.17) is 10.00 Å². The summed E-state index contributed by atoms with van der Waals surface area (Å²) in [5.74, 6) is 0.564. The summed E-state index contributed by atoms with van der Waals surface area (Å²) in [5.41, 5.74) is 0. The van der Waals surface area contributed by atoms with Crippen molar-refractivity contribution in [2.75, 3.05) is 19.7 Å². The van der Waals surface area contributed by atoms with E-state index in [1.807, 2.05) is 6.07 Å². The molecule has 0 spiro atoms. The predicted octanol–water partition coefficient (Wildman–Crippen LogP) is 1.17. The number of carbonyl (C=O) groups excluding carboxylic acids is 1. The lowest BCUT2D eigenvalue weighted by Gasteiger charge is -2.30. The monoisotopic (exact) mass is 210 g/mol. The molecule has 2 unspecified atom stereocenters. The van der Waals surface area contributed by atoms with E-state index in [0.29, 0.717) is 32.0 Å². The first-order valence-electron chi connectivity index (χ1n) is 5.46. The van der Waals surface area contributed by atoms with Gasteiger partial charge in [0.2, 0.25) is 5.91 Å². The SMILES string of the molecule is CCC(C)CC(=O)N1CCOC(C#N)C1. The first kappa shape index (κ1) is 12.0. The van der Waals surface area contributed by atoms with Gasteiger partial charge in [0, 0.05) is 13.0 Å². The van der Waals surface area contributed by atoms with Crippen molar-refractivity contribution in [1.82, 2.24) is 4.90 Å². The van der Waals surface area contributed by atoms with Crippen LogP contribution in [0.1, 0.15) is 26.7 Å². The van der Waals surface area contributed by atoms with Gasteiger partial charge in [0.1, 0.15) is 0 Å². The highest BCUT2D eigenvalue weighted by molar-refractivity contribution is 5.76. The molecule has 0 radical (unpaired) electrons. The minimum atomic E-state index is -0.445. The molecule has 0 aliphatic carbocycles. The standard InChI is InChI=1S/C11H18N2O2/c1-3-9(2)6-11(14)13-4-5-15-10(7-12)8-13/h9-10H,3-6,8H2,1-2H3. The van der Waals surface area contributed by atoms with E-state index in [1.54, 1.807) is 4.90 Å². The quantitative estimate of drug-likeness (QED) is 0.702. The van der Waals surface area contributed by atoms with Crippen LogP contribution >= 0.6 is 0 Å². The van der Waals surface area contributed by atoms with E-state index in [9.17, 15) is 4.79 Å². The number of hydrogen-bond donors (Lipinski definition) is 0. The van der Waals surface area contributed by atoms with Crippen LogP contribution in [-0.4, -0.2) is 36.6 Å². The molecule has 15 heavy (non-hydrogen) atoms. The van der Waals surface area contributed by atoms with Gasteiger partial charge < -0.3 is 9.64 Å². The lowest BCUT2D eigenvalue weighted by molar-refractivity contribution is -0.137. The van der Waals surface area contributed by atoms with Gasteiger partial charge in [-0.1, -0.05) is 20.3 Å². The number of ether oxygens (including phenoxy) is 1. The van der Waals surface area contributed by atoms with Crippen molar-refractivity contribution >= 4 is 5.91 Å². The van der Waals surface area contributed by atoms with Crippen LogP contribution in [0.15, 0.2) is 0 Å². The number of hydrogen-bond acceptors (Lipinski definition) is 3. The Morgan fingerprint density at radius 1 is 1.73 bits per heavy atom. The van der Waals surface area contributed by atoms with Gasteiger partial charge in [-0.2, -0.15) is 5.26 Å². The van der Waals surface area contributed by atoms with E-state index in [2.05, 4.69) is 13.8 Å². The Morgan fingerprint density at radius 2 is 2.47 bits per heavy atom. The lowest BCUT2D eigenvalue weighted by Crippen LogP contribution is -2.45. The minimum Gasteiger partial charge on any atom is -0.360 e. The zero-order valence-electron chi connectivity index (χ0n) is 9.40. The van der Waals surface area contributed by atoms with Gasteiger partial charge in [-0.25, -0.2) is 0 Å². The number of nitrogens with zero attached hydrogens (tertiary/aromatic N) is 2. The van der Waals surface area contributed by atoms with Gasteiger partial charge in [-0.15, -0.1) is 0 Å². The van der Waals surface area contributed by atoms with Crippen molar-refractivity contribution in [3.8, 4) is 6.07 Å². The lowest BCUT2D eigenvalue weighted by atomic mass is 10.0. The topological polar surface area (TPSA) is 53.3 Å². The van der Waals surface area contributed by atoms with E-state index < -0.39 is 6.10 Å². The van der Waals surface area contributed by atoms with Crippen molar-refractivity contribution in [2.24, 2.45) is 5.92 Å². The molecule has 84 valence electrons. The van der Waals surface area contributed by atoms with Crippen LogP contribution in [0.25, 0.3) is 0 Å². The second kappa shape index (κ2) is 5.72. The van der Waals surface area contributed by atoms with Gasteiger partial charge in [0.25, 0.3) is 0 Å². The third-order valence-electron chi connectivity index (χ3n) is 2.78. The summed E-state index contributed by atoms with van der Waals surface area (Å²) < 4.78 is 5.18. The summed E-state index contributed by atoms with van der Waals surface area (Å²) in [7, 11) is 0. The Kier molecular flexibility index (Phi) is 4.57. The molecule has 1 rings (SSSR count). The molecule has 1 fully saturated rings. The second-order valence-electron chi connectivity index (χ2n) is 4.05. The van der Waals surface area contributed by atoms with E-state index in [0.717, 1.165) is 6.42 Å². The van der Waals surface area contributed by atoms with Crippen molar-refractivity contribution in [1.29, 1.82) is 5.26 Å². The Hall–Kier alpha value is -1.08. The van der Waals surface area contributed by atoms with Crippen LogP contribution in [0.5, 0.6) is 0 Å². The predicted molar refractivity (Wildman–Crippen MR) is 56.0 cm³/mol. The molecule has 1 aliphatic heterocycles. The molecular weight excluding hydrogens is 192 g/mol. The zero-order chi connectivity index (χ0) is 11.3. The van der Waals surface area contributed by atoms with Gasteiger partial charge in [0.05, 0.1) is 19.2 Å². The first-order valence-corrected chi connectivity index (χ1v) is 5.46. The van der Waals surface area contributed by atoms with Crippen LogP contribution in [-0.2, 0) is 9.53 Å². The van der Waals surface area contributed by atoms with E-state index in [1.165, 1.54) is 0 Å². The van der Waals surface area contributed by atoms with Crippen LogP contribution in [0.2, 0.25) is 0 Å². The Labute approximate surface area is 90.8 Å². The van der Waals surface area contributed by atoms with Gasteiger partial charge in [-0.3, -0.25) is 4.79 Å². The number of nitriles is 1. The van der Waals surface area contributed by atoms with Gasteiger partial charge in [-0.05, 0) is 5.92 Å². The van der Waals surface area contributed by atoms with Crippen LogP contribution in [0.4, 0.5) is 0 Å². The summed E-state index contributed by atoms with van der Waals surface area (Å²) in [4.78, 5) is 13.5. The van der Waals surface area contributed by atoms with Crippen molar-refractivity contribution in [3.63, 3.8) is 0 Å². The number of morpholine rings is 1. The van der Waals surface area contributed by atoms with E-state index in [-0.39, 0.29) is 5.91 Å². The fourth-order valence-corrected chi connectivity index (χ4v) is 1.53. The molecule has 0 aromatic carbocycles. The van der Waals surface area contributed by atoms with Crippen molar-refractivity contribution in [2.45, 2.75) is 32.8 Å². The molecule has 4 nitrogen and oxygen atoms in total. The largest absolute Gasteiger partial charge is 0.360 e. The molecule has 4 heteroatoms. The summed E-state index contributed by atoms with van der Waals surface area (Å²) in [6.45, 7) is 5.67.